The van der Waals surface area contributed by atoms with E-state index in [1.807, 2.05) is 19.1 Å². The Labute approximate surface area is 157 Å². The second-order valence-electron chi connectivity index (χ2n) is 7.06. The van der Waals surface area contributed by atoms with Crippen molar-refractivity contribution < 1.29 is 4.42 Å². The Hall–Kier alpha value is -2.80. The van der Waals surface area contributed by atoms with Gasteiger partial charge in [0, 0.05) is 30.6 Å². The van der Waals surface area contributed by atoms with Crippen LogP contribution < -0.4 is 5.56 Å². The lowest BCUT2D eigenvalue weighted by atomic mass is 9.97. The summed E-state index contributed by atoms with van der Waals surface area (Å²) in [5.74, 6) is 2.07. The lowest BCUT2D eigenvalue weighted by Gasteiger charge is -2.31. The summed E-state index contributed by atoms with van der Waals surface area (Å²) in [5.41, 5.74) is 1.72. The normalized spacial score (nSPS) is 15.9. The van der Waals surface area contributed by atoms with Gasteiger partial charge in [-0.25, -0.2) is 9.67 Å². The zero-order valence-electron chi connectivity index (χ0n) is 15.4. The Morgan fingerprint density at radius 2 is 1.93 bits per heavy atom. The third-order valence-electron chi connectivity index (χ3n) is 5.01. The third-order valence-corrected chi connectivity index (χ3v) is 5.01. The summed E-state index contributed by atoms with van der Waals surface area (Å²) in [6, 6.07) is 7.18. The molecule has 1 aliphatic rings. The van der Waals surface area contributed by atoms with Crippen molar-refractivity contribution in [2.24, 2.45) is 5.92 Å². The van der Waals surface area contributed by atoms with Gasteiger partial charge in [-0.05, 0) is 57.0 Å². The molecule has 27 heavy (non-hydrogen) atoms. The lowest BCUT2D eigenvalue weighted by molar-refractivity contribution is 0.151. The Kier molecular flexibility index (Phi) is 5.11. The fraction of sp³-hybridized carbons (Fsp3) is 0.400. The molecule has 0 amide bonds. The zero-order valence-corrected chi connectivity index (χ0v) is 15.4. The molecule has 7 heteroatoms. The molecule has 0 unspecified atom stereocenters. The van der Waals surface area contributed by atoms with Crippen LogP contribution in [0.25, 0.3) is 11.3 Å². The Morgan fingerprint density at radius 3 is 2.63 bits per heavy atom. The summed E-state index contributed by atoms with van der Waals surface area (Å²) in [7, 11) is 0. The van der Waals surface area contributed by atoms with Crippen LogP contribution >= 0.6 is 0 Å². The van der Waals surface area contributed by atoms with E-state index in [0.717, 1.165) is 55.4 Å². The molecule has 0 atom stereocenters. The van der Waals surface area contributed by atoms with Gasteiger partial charge in [0.2, 0.25) is 5.89 Å². The number of likely N-dealkylation sites (tertiary alicyclic amines) is 1. The summed E-state index contributed by atoms with van der Waals surface area (Å²) < 4.78 is 7.17. The van der Waals surface area contributed by atoms with Crippen molar-refractivity contribution in [3.63, 3.8) is 0 Å². The molecule has 0 spiro atoms. The number of pyridine rings is 1. The number of aryl methyl sites for hydroxylation is 1. The molecular formula is C20H23N5O2. The molecular weight excluding hydrogens is 342 g/mol. The fourth-order valence-corrected chi connectivity index (χ4v) is 3.49. The average molecular weight is 365 g/mol. The topological polar surface area (TPSA) is 77.1 Å². The number of oxazole rings is 1. The van der Waals surface area contributed by atoms with Crippen LogP contribution in [0, 0.1) is 12.8 Å². The molecule has 4 heterocycles. The average Bonchev–Trinajstić information content (AvgIpc) is 3.10. The molecule has 140 valence electrons. The van der Waals surface area contributed by atoms with Crippen LogP contribution in [-0.2, 0) is 13.1 Å². The summed E-state index contributed by atoms with van der Waals surface area (Å²) >= 11 is 0. The summed E-state index contributed by atoms with van der Waals surface area (Å²) in [6.07, 6.45) is 7.30. The Bertz CT molecular complexity index is 942. The van der Waals surface area contributed by atoms with Crippen molar-refractivity contribution in [2.45, 2.75) is 32.9 Å². The molecule has 0 N–H and O–H groups in total. The highest BCUT2D eigenvalue weighted by Crippen LogP contribution is 2.21. The van der Waals surface area contributed by atoms with Crippen molar-refractivity contribution in [3.05, 3.63) is 64.9 Å². The number of hydrogen-bond donors (Lipinski definition) is 0. The first-order valence-corrected chi connectivity index (χ1v) is 9.29. The fourth-order valence-electron chi connectivity index (χ4n) is 3.49. The second kappa shape index (κ2) is 7.84. The van der Waals surface area contributed by atoms with Gasteiger partial charge in [0.1, 0.15) is 5.76 Å². The molecule has 3 aromatic rings. The maximum absolute atomic E-state index is 12.2. The molecule has 0 aromatic carbocycles. The van der Waals surface area contributed by atoms with Gasteiger partial charge in [-0.2, -0.15) is 5.10 Å². The number of piperidine rings is 1. The van der Waals surface area contributed by atoms with Crippen LogP contribution in [0.1, 0.15) is 24.5 Å². The van der Waals surface area contributed by atoms with Gasteiger partial charge in [0.05, 0.1) is 18.4 Å². The minimum atomic E-state index is -0.0505. The van der Waals surface area contributed by atoms with E-state index in [2.05, 4.69) is 20.0 Å². The first-order valence-electron chi connectivity index (χ1n) is 9.29. The molecule has 1 aliphatic heterocycles. The van der Waals surface area contributed by atoms with Gasteiger partial charge < -0.3 is 4.42 Å². The Morgan fingerprint density at radius 1 is 1.15 bits per heavy atom. The molecule has 0 bridgehead atoms. The maximum Gasteiger partial charge on any atom is 0.266 e. The summed E-state index contributed by atoms with van der Waals surface area (Å²) in [4.78, 5) is 22.9. The molecule has 0 aliphatic carbocycles. The van der Waals surface area contributed by atoms with E-state index < -0.39 is 0 Å². The summed E-state index contributed by atoms with van der Waals surface area (Å²) in [5, 5.41) is 4.56. The van der Waals surface area contributed by atoms with E-state index in [0.29, 0.717) is 12.5 Å². The first-order chi connectivity index (χ1) is 13.2. The Balaban J connectivity index is 1.38. The number of hydrogen-bond acceptors (Lipinski definition) is 6. The van der Waals surface area contributed by atoms with E-state index in [9.17, 15) is 4.79 Å². The van der Waals surface area contributed by atoms with Gasteiger partial charge in [-0.1, -0.05) is 0 Å². The predicted molar refractivity (Wildman–Crippen MR) is 101 cm³/mol. The van der Waals surface area contributed by atoms with Crippen molar-refractivity contribution in [1.82, 2.24) is 24.6 Å². The largest absolute Gasteiger partial charge is 0.445 e. The van der Waals surface area contributed by atoms with Crippen molar-refractivity contribution in [1.29, 1.82) is 0 Å². The van der Waals surface area contributed by atoms with Crippen molar-refractivity contribution in [3.8, 4) is 11.3 Å². The van der Waals surface area contributed by atoms with Crippen LogP contribution in [0.4, 0.5) is 0 Å². The number of aromatic nitrogens is 4. The number of nitrogens with zero attached hydrogens (tertiary/aromatic N) is 5. The maximum atomic E-state index is 12.2. The van der Waals surface area contributed by atoms with Crippen molar-refractivity contribution in [2.75, 3.05) is 13.1 Å². The SMILES string of the molecule is Cc1cnc(CN2CCC(Cn3nc(-c4ccncc4)ccc3=O)CC2)o1. The second-order valence-corrected chi connectivity index (χ2v) is 7.06. The monoisotopic (exact) mass is 365 g/mol. The predicted octanol–water partition coefficient (Wildman–Crippen LogP) is 2.51. The van der Waals surface area contributed by atoms with Gasteiger partial charge >= 0.3 is 0 Å². The quantitative estimate of drug-likeness (QED) is 0.691. The zero-order chi connectivity index (χ0) is 18.6. The van der Waals surface area contributed by atoms with Crippen LogP contribution in [0.3, 0.4) is 0 Å². The van der Waals surface area contributed by atoms with E-state index in [1.165, 1.54) is 0 Å². The highest BCUT2D eigenvalue weighted by molar-refractivity contribution is 5.56. The molecule has 7 nitrogen and oxygen atoms in total. The van der Waals surface area contributed by atoms with Gasteiger partial charge in [-0.15, -0.1) is 0 Å². The third kappa shape index (κ3) is 4.31. The van der Waals surface area contributed by atoms with Crippen LogP contribution in [-0.4, -0.2) is 37.7 Å². The van der Waals surface area contributed by atoms with Gasteiger partial charge in [0.25, 0.3) is 5.56 Å². The first kappa shape index (κ1) is 17.6. The molecule has 1 saturated heterocycles. The van der Waals surface area contributed by atoms with Crippen LogP contribution in [0.5, 0.6) is 0 Å². The molecule has 0 saturated carbocycles. The molecule has 0 radical (unpaired) electrons. The molecule has 1 fully saturated rings. The standard InChI is InChI=1S/C20H23N5O2/c1-15-12-22-19(27-15)14-24-10-6-16(7-11-24)13-25-20(26)3-2-18(23-25)17-4-8-21-9-5-17/h2-5,8-9,12,16H,6-7,10-11,13-14H2,1H3. The van der Waals surface area contributed by atoms with E-state index in [1.54, 1.807) is 35.4 Å². The molecule has 3 aromatic heterocycles. The smallest absolute Gasteiger partial charge is 0.266 e. The highest BCUT2D eigenvalue weighted by Gasteiger charge is 2.21. The van der Waals surface area contributed by atoms with Gasteiger partial charge in [-0.3, -0.25) is 14.7 Å². The van der Waals surface area contributed by atoms with Crippen LogP contribution in [0.2, 0.25) is 0 Å². The number of rotatable bonds is 5. The van der Waals surface area contributed by atoms with E-state index in [-0.39, 0.29) is 5.56 Å². The minimum absolute atomic E-state index is 0.0505. The van der Waals surface area contributed by atoms with E-state index >= 15 is 0 Å². The summed E-state index contributed by atoms with van der Waals surface area (Å²) in [6.45, 7) is 5.27. The molecule has 4 rings (SSSR count). The minimum Gasteiger partial charge on any atom is -0.445 e. The van der Waals surface area contributed by atoms with Gasteiger partial charge in [0.15, 0.2) is 0 Å². The van der Waals surface area contributed by atoms with E-state index in [4.69, 9.17) is 4.42 Å². The van der Waals surface area contributed by atoms with Crippen LogP contribution in [0.15, 0.2) is 52.1 Å². The van der Waals surface area contributed by atoms with Crippen molar-refractivity contribution >= 4 is 0 Å². The lowest BCUT2D eigenvalue weighted by Crippen LogP contribution is -2.36. The highest BCUT2D eigenvalue weighted by atomic mass is 16.4.